The minimum atomic E-state index is 0.916. The van der Waals surface area contributed by atoms with E-state index < -0.39 is 0 Å². The maximum absolute atomic E-state index is 2.65. The minimum Gasteiger partial charge on any atom is -0.302 e. The highest BCUT2D eigenvalue weighted by atomic mass is 15.3. The number of fused-ring (bicyclic) bond motifs is 4. The molecule has 0 radical (unpaired) electrons. The molecule has 3 saturated heterocycles. The minimum absolute atomic E-state index is 0.916. The molecule has 0 saturated carbocycles. The first-order chi connectivity index (χ1) is 5.40. The number of hydrogen-bond donors (Lipinski definition) is 0. The van der Waals surface area contributed by atoms with Crippen LogP contribution in [0.1, 0.15) is 19.8 Å². The summed E-state index contributed by atoms with van der Waals surface area (Å²) in [5.74, 6) is 0. The molecule has 3 heterocycles. The van der Waals surface area contributed by atoms with Crippen molar-refractivity contribution in [3.05, 3.63) is 0 Å². The highest BCUT2D eigenvalue weighted by Gasteiger charge is 2.27. The Morgan fingerprint density at radius 1 is 1.09 bits per heavy atom. The van der Waals surface area contributed by atoms with E-state index in [1.54, 1.807) is 0 Å². The first-order valence-electron chi connectivity index (χ1n) is 4.86. The molecule has 0 amide bonds. The quantitative estimate of drug-likeness (QED) is 0.551. The Kier molecular flexibility index (Phi) is 2.14. The van der Waals surface area contributed by atoms with Gasteiger partial charge in [0.25, 0.3) is 0 Å². The molecule has 3 aliphatic heterocycles. The van der Waals surface area contributed by atoms with Crippen molar-refractivity contribution < 1.29 is 0 Å². The average Bonchev–Trinajstić information content (AvgIpc) is 2.36. The number of hydrogen-bond acceptors (Lipinski definition) is 2. The van der Waals surface area contributed by atoms with Gasteiger partial charge in [0.1, 0.15) is 0 Å². The van der Waals surface area contributed by atoms with Crippen LogP contribution in [0.4, 0.5) is 0 Å². The lowest BCUT2D eigenvalue weighted by molar-refractivity contribution is 0.190. The van der Waals surface area contributed by atoms with Crippen LogP contribution in [-0.2, 0) is 0 Å². The zero-order valence-corrected chi connectivity index (χ0v) is 7.42. The second kappa shape index (κ2) is 3.11. The summed E-state index contributed by atoms with van der Waals surface area (Å²) in [6.07, 6.45) is 2.82. The van der Waals surface area contributed by atoms with Crippen molar-refractivity contribution in [3.8, 4) is 0 Å². The topological polar surface area (TPSA) is 6.48 Å². The first-order valence-corrected chi connectivity index (χ1v) is 4.86. The fourth-order valence-corrected chi connectivity index (χ4v) is 2.38. The van der Waals surface area contributed by atoms with Gasteiger partial charge in [-0.25, -0.2) is 0 Å². The van der Waals surface area contributed by atoms with Crippen molar-refractivity contribution in [2.75, 3.05) is 32.7 Å². The molecule has 2 nitrogen and oxygen atoms in total. The molecule has 0 aromatic carbocycles. The van der Waals surface area contributed by atoms with E-state index >= 15 is 0 Å². The predicted octanol–water partition coefficient (Wildman–Crippen LogP) is 0.786. The lowest BCUT2D eigenvalue weighted by Crippen LogP contribution is -2.37. The standard InChI is InChI=1S/C9H18N2/c1-2-11-8-7-10-5-3-9(11)4-6-10/h9H,2-8H2,1H3. The highest BCUT2D eigenvalue weighted by Crippen LogP contribution is 2.19. The molecule has 2 bridgehead atoms. The van der Waals surface area contributed by atoms with E-state index in [-0.39, 0.29) is 0 Å². The van der Waals surface area contributed by atoms with Crippen molar-refractivity contribution in [2.45, 2.75) is 25.8 Å². The molecule has 3 aliphatic rings. The molecule has 3 fully saturated rings. The van der Waals surface area contributed by atoms with Crippen LogP contribution < -0.4 is 0 Å². The van der Waals surface area contributed by atoms with E-state index in [2.05, 4.69) is 16.7 Å². The average molecular weight is 154 g/mol. The van der Waals surface area contributed by atoms with Gasteiger partial charge in [-0.15, -0.1) is 0 Å². The Morgan fingerprint density at radius 2 is 1.82 bits per heavy atom. The summed E-state index contributed by atoms with van der Waals surface area (Å²) in [4.78, 5) is 5.25. The SMILES string of the molecule is CCN1CCN2CCC1CC2. The molecule has 3 rings (SSSR count). The summed E-state index contributed by atoms with van der Waals surface area (Å²) >= 11 is 0. The molecule has 0 aromatic heterocycles. The van der Waals surface area contributed by atoms with Gasteiger partial charge in [-0.1, -0.05) is 6.92 Å². The van der Waals surface area contributed by atoms with E-state index in [9.17, 15) is 0 Å². The Hall–Kier alpha value is -0.0800. The Labute approximate surface area is 69.2 Å². The van der Waals surface area contributed by atoms with E-state index in [1.165, 1.54) is 45.6 Å². The second-order valence-corrected chi connectivity index (χ2v) is 3.70. The predicted molar refractivity (Wildman–Crippen MR) is 46.7 cm³/mol. The van der Waals surface area contributed by atoms with E-state index in [0.29, 0.717) is 0 Å². The number of likely N-dealkylation sites (N-methyl/N-ethyl adjacent to an activating group) is 1. The molecular weight excluding hydrogens is 136 g/mol. The maximum atomic E-state index is 2.65. The van der Waals surface area contributed by atoms with Gasteiger partial charge in [-0.3, -0.25) is 4.90 Å². The smallest absolute Gasteiger partial charge is 0.0120 e. The summed E-state index contributed by atoms with van der Waals surface area (Å²) in [5.41, 5.74) is 0. The van der Waals surface area contributed by atoms with Crippen LogP contribution in [-0.4, -0.2) is 48.6 Å². The van der Waals surface area contributed by atoms with Crippen molar-refractivity contribution in [3.63, 3.8) is 0 Å². The monoisotopic (exact) mass is 154 g/mol. The molecule has 0 spiro atoms. The van der Waals surface area contributed by atoms with Crippen LogP contribution in [0.2, 0.25) is 0 Å². The third-order valence-corrected chi connectivity index (χ3v) is 3.18. The Morgan fingerprint density at radius 3 is 2.45 bits per heavy atom. The number of piperidine rings is 1. The van der Waals surface area contributed by atoms with Crippen LogP contribution in [0.25, 0.3) is 0 Å². The molecule has 0 N–H and O–H groups in total. The molecular formula is C9H18N2. The maximum Gasteiger partial charge on any atom is 0.0120 e. The van der Waals surface area contributed by atoms with Gasteiger partial charge in [0.2, 0.25) is 0 Å². The summed E-state index contributed by atoms with van der Waals surface area (Å²) in [6.45, 7) is 8.85. The van der Waals surface area contributed by atoms with Crippen LogP contribution in [0.5, 0.6) is 0 Å². The Bertz CT molecular complexity index is 128. The first kappa shape index (κ1) is 7.56. The normalized spacial score (nSPS) is 39.0. The van der Waals surface area contributed by atoms with Gasteiger partial charge in [0.15, 0.2) is 0 Å². The summed E-state index contributed by atoms with van der Waals surface area (Å²) in [6, 6.07) is 0.916. The van der Waals surface area contributed by atoms with E-state index in [0.717, 1.165) is 6.04 Å². The molecule has 0 aromatic rings. The van der Waals surface area contributed by atoms with Gasteiger partial charge in [0, 0.05) is 19.1 Å². The summed E-state index contributed by atoms with van der Waals surface area (Å²) in [7, 11) is 0. The molecule has 11 heavy (non-hydrogen) atoms. The van der Waals surface area contributed by atoms with Crippen LogP contribution in [0, 0.1) is 0 Å². The van der Waals surface area contributed by atoms with E-state index in [4.69, 9.17) is 0 Å². The van der Waals surface area contributed by atoms with E-state index in [1.807, 2.05) is 0 Å². The third-order valence-electron chi connectivity index (χ3n) is 3.18. The summed E-state index contributed by atoms with van der Waals surface area (Å²) < 4.78 is 0. The third kappa shape index (κ3) is 1.42. The van der Waals surface area contributed by atoms with Crippen molar-refractivity contribution >= 4 is 0 Å². The van der Waals surface area contributed by atoms with Crippen molar-refractivity contribution in [1.29, 1.82) is 0 Å². The lowest BCUT2D eigenvalue weighted by atomic mass is 10.1. The molecule has 2 heteroatoms. The lowest BCUT2D eigenvalue weighted by Gasteiger charge is -2.30. The van der Waals surface area contributed by atoms with Crippen LogP contribution in [0.3, 0.4) is 0 Å². The van der Waals surface area contributed by atoms with Gasteiger partial charge in [0.05, 0.1) is 0 Å². The van der Waals surface area contributed by atoms with Gasteiger partial charge >= 0.3 is 0 Å². The Balaban J connectivity index is 2.03. The fourth-order valence-electron chi connectivity index (χ4n) is 2.38. The fraction of sp³-hybridized carbons (Fsp3) is 1.00. The van der Waals surface area contributed by atoms with Gasteiger partial charge < -0.3 is 4.90 Å². The molecule has 0 aliphatic carbocycles. The van der Waals surface area contributed by atoms with Crippen LogP contribution in [0.15, 0.2) is 0 Å². The zero-order valence-electron chi connectivity index (χ0n) is 7.42. The molecule has 0 unspecified atom stereocenters. The van der Waals surface area contributed by atoms with Crippen LogP contribution >= 0.6 is 0 Å². The highest BCUT2D eigenvalue weighted by molar-refractivity contribution is 4.83. The summed E-state index contributed by atoms with van der Waals surface area (Å²) in [5, 5.41) is 0. The number of rotatable bonds is 1. The zero-order chi connectivity index (χ0) is 7.68. The second-order valence-electron chi connectivity index (χ2n) is 3.70. The van der Waals surface area contributed by atoms with Crippen molar-refractivity contribution in [2.24, 2.45) is 0 Å². The molecule has 0 atom stereocenters. The largest absolute Gasteiger partial charge is 0.302 e. The van der Waals surface area contributed by atoms with Gasteiger partial charge in [-0.2, -0.15) is 0 Å². The molecule has 64 valence electrons. The van der Waals surface area contributed by atoms with Gasteiger partial charge in [-0.05, 0) is 32.5 Å². The van der Waals surface area contributed by atoms with Crippen molar-refractivity contribution in [1.82, 2.24) is 9.80 Å². The number of nitrogens with zero attached hydrogens (tertiary/aromatic N) is 2.